The van der Waals surface area contributed by atoms with Gasteiger partial charge >= 0.3 is 24.0 Å². The topological polar surface area (TPSA) is 174 Å². The lowest BCUT2D eigenvalue weighted by molar-refractivity contribution is -0.292. The van der Waals surface area contributed by atoms with Crippen molar-refractivity contribution in [2.45, 2.75) is 132 Å². The molecule has 1 fully saturated rings. The lowest BCUT2D eigenvalue weighted by Gasteiger charge is -2.46. The third-order valence-corrected chi connectivity index (χ3v) is 14.5. The number of carbonyl (C=O) groups is 4. The number of hydrogen-bond donors (Lipinski definition) is 2. The molecule has 8 atom stereocenters. The Hall–Kier alpha value is -1.85. The molecule has 18 heteroatoms. The Morgan fingerprint density at radius 3 is 1.92 bits per heavy atom. The molecular formula is C30H48Cl3NO13Si. The van der Waals surface area contributed by atoms with Crippen LogP contribution in [0.3, 0.4) is 0 Å². The van der Waals surface area contributed by atoms with E-state index >= 15 is 0 Å². The van der Waals surface area contributed by atoms with E-state index in [0.717, 1.165) is 20.8 Å². The Labute approximate surface area is 297 Å². The Balaban J connectivity index is 2.46. The van der Waals surface area contributed by atoms with Crippen molar-refractivity contribution < 1.29 is 61.9 Å². The number of aliphatic hydroxyl groups excluding tert-OH is 1. The standard InChI is InChI=1S/C30H48Cl3NO13Si/c1-15(2)48(16(3)4,17(5)6)43-13-22-25(38)21(10-11-40-22)46-28-24(34-29(39)42-14-30(31,32)33)27(45-20(9)37)26(44-19(8)36)23(47-28)12-41-18(7)35/h10-11,15-17,21-28,38H,12-14H2,1-9H3,(H,34,39)/t21-,22-,23-,24-,25-,26-,27-,28-/m1/s1. The molecule has 48 heavy (non-hydrogen) atoms. The number of carbonyl (C=O) groups excluding carboxylic acids is 4. The van der Waals surface area contributed by atoms with Crippen LogP contribution in [0.1, 0.15) is 62.3 Å². The van der Waals surface area contributed by atoms with Crippen LogP contribution in [-0.2, 0) is 52.0 Å². The largest absolute Gasteiger partial charge is 0.493 e. The predicted octanol–water partition coefficient (Wildman–Crippen LogP) is 4.45. The number of amides is 1. The molecule has 0 saturated carbocycles. The van der Waals surface area contributed by atoms with Crippen molar-refractivity contribution in [2.24, 2.45) is 0 Å². The van der Waals surface area contributed by atoms with E-state index in [2.05, 4.69) is 46.9 Å². The molecule has 276 valence electrons. The van der Waals surface area contributed by atoms with Crippen molar-refractivity contribution in [3.63, 3.8) is 0 Å². The number of aliphatic hydroxyl groups is 1. The van der Waals surface area contributed by atoms with Gasteiger partial charge in [-0.15, -0.1) is 0 Å². The van der Waals surface area contributed by atoms with Crippen LogP contribution in [0, 0.1) is 0 Å². The van der Waals surface area contributed by atoms with Gasteiger partial charge in [-0.2, -0.15) is 0 Å². The zero-order valence-corrected chi connectivity index (χ0v) is 31.9. The minimum Gasteiger partial charge on any atom is -0.493 e. The number of nitrogens with one attached hydrogen (secondary N) is 1. The summed E-state index contributed by atoms with van der Waals surface area (Å²) < 4.78 is 43.9. The lowest BCUT2D eigenvalue weighted by Crippen LogP contribution is -2.67. The van der Waals surface area contributed by atoms with Gasteiger partial charge in [-0.3, -0.25) is 14.4 Å². The molecule has 0 aliphatic carbocycles. The van der Waals surface area contributed by atoms with E-state index in [-0.39, 0.29) is 23.2 Å². The molecule has 0 spiro atoms. The fraction of sp³-hybridized carbons (Fsp3) is 0.800. The first kappa shape index (κ1) is 42.3. The third kappa shape index (κ3) is 11.9. The summed E-state index contributed by atoms with van der Waals surface area (Å²) in [6, 6.07) is -1.43. The number of alkyl halides is 3. The molecule has 0 aromatic carbocycles. The van der Waals surface area contributed by atoms with Gasteiger partial charge in [0.05, 0.1) is 12.9 Å². The van der Waals surface area contributed by atoms with Crippen LogP contribution in [0.2, 0.25) is 16.6 Å². The van der Waals surface area contributed by atoms with Crippen molar-refractivity contribution in [1.82, 2.24) is 5.32 Å². The maximum atomic E-state index is 12.9. The van der Waals surface area contributed by atoms with Gasteiger partial charge in [0, 0.05) is 20.8 Å². The first-order chi connectivity index (χ1) is 22.2. The van der Waals surface area contributed by atoms with E-state index in [0.29, 0.717) is 0 Å². The smallest absolute Gasteiger partial charge is 0.407 e. The van der Waals surface area contributed by atoms with E-state index in [4.69, 9.17) is 72.4 Å². The molecule has 0 bridgehead atoms. The summed E-state index contributed by atoms with van der Waals surface area (Å²) in [6.45, 7) is 15.1. The fourth-order valence-corrected chi connectivity index (χ4v) is 11.9. The quantitative estimate of drug-likeness (QED) is 0.110. The lowest BCUT2D eigenvalue weighted by atomic mass is 9.96. The number of esters is 3. The molecule has 0 radical (unpaired) electrons. The highest BCUT2D eigenvalue weighted by molar-refractivity contribution is 6.77. The summed E-state index contributed by atoms with van der Waals surface area (Å²) in [5, 5.41) is 13.9. The molecule has 2 aliphatic heterocycles. The highest BCUT2D eigenvalue weighted by atomic mass is 35.6. The first-order valence-electron chi connectivity index (χ1n) is 15.6. The second kappa shape index (κ2) is 18.4. The number of halogens is 3. The Bertz CT molecular complexity index is 1110. The van der Waals surface area contributed by atoms with Gasteiger partial charge in [0.1, 0.15) is 43.7 Å². The third-order valence-electron chi connectivity index (χ3n) is 8.09. The van der Waals surface area contributed by atoms with E-state index in [1.165, 1.54) is 12.3 Å². The van der Waals surface area contributed by atoms with Gasteiger partial charge in [0.25, 0.3) is 0 Å². The second-order valence-corrected chi connectivity index (χ2v) is 20.6. The van der Waals surface area contributed by atoms with Gasteiger partial charge in [-0.05, 0) is 22.7 Å². The first-order valence-corrected chi connectivity index (χ1v) is 18.9. The number of hydrogen-bond acceptors (Lipinski definition) is 13. The molecular weight excluding hydrogens is 717 g/mol. The van der Waals surface area contributed by atoms with E-state index < -0.39 is 98.3 Å². The molecule has 0 unspecified atom stereocenters. The summed E-state index contributed by atoms with van der Waals surface area (Å²) in [6.07, 6.45) is -7.24. The molecule has 0 aromatic heterocycles. The van der Waals surface area contributed by atoms with Crippen molar-refractivity contribution in [2.75, 3.05) is 19.8 Å². The highest BCUT2D eigenvalue weighted by Crippen LogP contribution is 2.42. The Morgan fingerprint density at radius 1 is 0.854 bits per heavy atom. The molecule has 1 amide bonds. The van der Waals surface area contributed by atoms with Crippen molar-refractivity contribution in [3.8, 4) is 0 Å². The minimum atomic E-state index is -2.33. The van der Waals surface area contributed by atoms with Crippen LogP contribution in [-0.4, -0.2) is 110 Å². The summed E-state index contributed by atoms with van der Waals surface area (Å²) in [5.74, 6) is -2.28. The van der Waals surface area contributed by atoms with Gasteiger partial charge in [0.2, 0.25) is 12.1 Å². The zero-order chi connectivity index (χ0) is 36.6. The van der Waals surface area contributed by atoms with Gasteiger partial charge in [-0.25, -0.2) is 4.79 Å². The normalized spacial score (nSPS) is 27.8. The monoisotopic (exact) mass is 763 g/mol. The van der Waals surface area contributed by atoms with Crippen LogP contribution in [0.5, 0.6) is 0 Å². The molecule has 2 heterocycles. The summed E-state index contributed by atoms with van der Waals surface area (Å²) in [4.78, 5) is 49.0. The summed E-state index contributed by atoms with van der Waals surface area (Å²) in [5.41, 5.74) is 0.839. The highest BCUT2D eigenvalue weighted by Gasteiger charge is 2.53. The molecule has 14 nitrogen and oxygen atoms in total. The summed E-state index contributed by atoms with van der Waals surface area (Å²) >= 11 is 17.2. The maximum absolute atomic E-state index is 12.9. The van der Waals surface area contributed by atoms with Crippen LogP contribution >= 0.6 is 34.8 Å². The van der Waals surface area contributed by atoms with Gasteiger partial charge < -0.3 is 48.0 Å². The van der Waals surface area contributed by atoms with Crippen LogP contribution < -0.4 is 5.32 Å². The van der Waals surface area contributed by atoms with Crippen LogP contribution in [0.25, 0.3) is 0 Å². The molecule has 0 aromatic rings. The maximum Gasteiger partial charge on any atom is 0.407 e. The van der Waals surface area contributed by atoms with Crippen LogP contribution in [0.4, 0.5) is 4.79 Å². The van der Waals surface area contributed by atoms with E-state index in [1.807, 2.05) is 0 Å². The zero-order valence-electron chi connectivity index (χ0n) is 28.6. The number of rotatable bonds is 14. The summed E-state index contributed by atoms with van der Waals surface area (Å²) in [7, 11) is -2.33. The van der Waals surface area contributed by atoms with E-state index in [1.54, 1.807) is 0 Å². The van der Waals surface area contributed by atoms with Crippen molar-refractivity contribution in [1.29, 1.82) is 0 Å². The molecule has 2 N–H and O–H groups in total. The average molecular weight is 765 g/mol. The second-order valence-electron chi connectivity index (χ2n) is 12.6. The molecule has 2 aliphatic rings. The number of ether oxygens (including phenoxy) is 7. The SMILES string of the molecule is CC(=O)OC[C@H]1O[C@@H](O[C@@H]2C=CO[C@H](CO[Si](C(C)C)(C(C)C)C(C)C)[C@@H]2O)[C@H](NC(=O)OCC(Cl)(Cl)Cl)[C@@H](OC(C)=O)[C@@H]1OC(C)=O. The minimum absolute atomic E-state index is 0.0718. The Morgan fingerprint density at radius 2 is 1.42 bits per heavy atom. The number of alkyl carbamates (subject to hydrolysis) is 1. The van der Waals surface area contributed by atoms with E-state index in [9.17, 15) is 24.3 Å². The molecule has 1 saturated heterocycles. The van der Waals surface area contributed by atoms with Crippen molar-refractivity contribution in [3.05, 3.63) is 12.3 Å². The predicted molar refractivity (Wildman–Crippen MR) is 177 cm³/mol. The van der Waals surface area contributed by atoms with Crippen molar-refractivity contribution >= 4 is 67.1 Å². The average Bonchev–Trinajstić information content (AvgIpc) is 2.94. The van der Waals surface area contributed by atoms with Gasteiger partial charge in [0.15, 0.2) is 18.5 Å². The van der Waals surface area contributed by atoms with Gasteiger partial charge in [-0.1, -0.05) is 76.3 Å². The fourth-order valence-electron chi connectivity index (χ4n) is 6.27. The Kier molecular flexibility index (Phi) is 16.2. The molecule has 2 rings (SSSR count). The van der Waals surface area contributed by atoms with Crippen LogP contribution in [0.15, 0.2) is 12.3 Å².